The molecule has 0 spiro atoms. The van der Waals surface area contributed by atoms with Crippen molar-refractivity contribution in [2.45, 2.75) is 45.0 Å². The van der Waals surface area contributed by atoms with Gasteiger partial charge in [-0.1, -0.05) is 6.92 Å². The molecular weight excluding hydrogens is 253 g/mol. The third kappa shape index (κ3) is 2.88. The Hall–Kier alpha value is -1.19. The summed E-state index contributed by atoms with van der Waals surface area (Å²) >= 11 is 0. The summed E-state index contributed by atoms with van der Waals surface area (Å²) in [5.74, 6) is -2.65. The molecule has 19 heavy (non-hydrogen) atoms. The number of halogens is 3. The normalized spacial score (nSPS) is 26.2. The van der Waals surface area contributed by atoms with Gasteiger partial charge in [-0.2, -0.15) is 0 Å². The molecule has 2 rings (SSSR count). The topological polar surface area (TPSA) is 9.23 Å². The van der Waals surface area contributed by atoms with Crippen LogP contribution in [0.2, 0.25) is 0 Å². The van der Waals surface area contributed by atoms with E-state index in [1.165, 1.54) is 13.2 Å². The Balaban J connectivity index is 2.34. The Labute approximate surface area is 111 Å². The molecule has 1 nitrogen and oxygen atoms in total. The van der Waals surface area contributed by atoms with Crippen molar-refractivity contribution in [3.8, 4) is 5.75 Å². The number of hydrogen-bond acceptors (Lipinski definition) is 1. The van der Waals surface area contributed by atoms with E-state index in [-0.39, 0.29) is 30.5 Å². The minimum Gasteiger partial charge on any atom is -0.497 e. The van der Waals surface area contributed by atoms with Crippen molar-refractivity contribution in [1.82, 2.24) is 0 Å². The minimum atomic E-state index is -2.58. The molecule has 1 aromatic carbocycles. The standard InChI is InChI=1S/C15H19F3O/c1-9-8-15(17,18)5-4-12(9)13-6-11(19-3)7-14(16)10(13)2/h6-7,9,12H,4-5,8H2,1-3H3/t9?,12-/m1/s1. The highest BCUT2D eigenvalue weighted by Gasteiger charge is 2.40. The maximum absolute atomic E-state index is 13.8. The van der Waals surface area contributed by atoms with Crippen LogP contribution in [0, 0.1) is 18.7 Å². The van der Waals surface area contributed by atoms with Gasteiger partial charge in [-0.3, -0.25) is 0 Å². The summed E-state index contributed by atoms with van der Waals surface area (Å²) in [5, 5.41) is 0. The Kier molecular flexibility index (Phi) is 3.79. The molecule has 0 N–H and O–H groups in total. The van der Waals surface area contributed by atoms with Crippen molar-refractivity contribution in [2.75, 3.05) is 7.11 Å². The number of hydrogen-bond donors (Lipinski definition) is 0. The van der Waals surface area contributed by atoms with Crippen LogP contribution in [-0.2, 0) is 0 Å². The summed E-state index contributed by atoms with van der Waals surface area (Å²) < 4.78 is 45.6. The molecule has 0 saturated heterocycles. The van der Waals surface area contributed by atoms with Gasteiger partial charge in [0.1, 0.15) is 11.6 Å². The quantitative estimate of drug-likeness (QED) is 0.759. The van der Waals surface area contributed by atoms with Gasteiger partial charge in [-0.25, -0.2) is 13.2 Å². The summed E-state index contributed by atoms with van der Waals surface area (Å²) in [7, 11) is 1.48. The lowest BCUT2D eigenvalue weighted by Crippen LogP contribution is -2.30. The van der Waals surface area contributed by atoms with Crippen molar-refractivity contribution in [3.05, 3.63) is 29.1 Å². The summed E-state index contributed by atoms with van der Waals surface area (Å²) in [6, 6.07) is 3.12. The number of benzene rings is 1. The van der Waals surface area contributed by atoms with Crippen molar-refractivity contribution < 1.29 is 17.9 Å². The van der Waals surface area contributed by atoms with Gasteiger partial charge in [-0.05, 0) is 42.4 Å². The zero-order chi connectivity index (χ0) is 14.2. The molecule has 0 amide bonds. The first-order chi connectivity index (χ1) is 8.84. The molecule has 1 unspecified atom stereocenters. The lowest BCUT2D eigenvalue weighted by molar-refractivity contribution is -0.0556. The molecule has 0 aromatic heterocycles. The van der Waals surface area contributed by atoms with Crippen molar-refractivity contribution in [2.24, 2.45) is 5.92 Å². The van der Waals surface area contributed by atoms with Gasteiger partial charge in [0.15, 0.2) is 0 Å². The molecule has 1 saturated carbocycles. The zero-order valence-electron chi connectivity index (χ0n) is 11.5. The van der Waals surface area contributed by atoms with E-state index in [2.05, 4.69) is 0 Å². The van der Waals surface area contributed by atoms with E-state index in [9.17, 15) is 13.2 Å². The van der Waals surface area contributed by atoms with E-state index in [1.807, 2.05) is 6.92 Å². The smallest absolute Gasteiger partial charge is 0.248 e. The highest BCUT2D eigenvalue weighted by atomic mass is 19.3. The van der Waals surface area contributed by atoms with Crippen LogP contribution in [0.1, 0.15) is 43.2 Å². The summed E-state index contributed by atoms with van der Waals surface area (Å²) in [6.45, 7) is 3.51. The van der Waals surface area contributed by atoms with Crippen molar-refractivity contribution in [3.63, 3.8) is 0 Å². The van der Waals surface area contributed by atoms with Crippen LogP contribution >= 0.6 is 0 Å². The average molecular weight is 272 g/mol. The van der Waals surface area contributed by atoms with E-state index in [0.29, 0.717) is 17.7 Å². The molecule has 2 atom stereocenters. The molecule has 1 aliphatic rings. The second kappa shape index (κ2) is 5.06. The summed E-state index contributed by atoms with van der Waals surface area (Å²) in [6.07, 6.45) is 0.137. The highest BCUT2D eigenvalue weighted by molar-refractivity contribution is 5.39. The molecule has 106 valence electrons. The van der Waals surface area contributed by atoms with Gasteiger partial charge in [0.25, 0.3) is 0 Å². The fourth-order valence-electron chi connectivity index (χ4n) is 3.01. The first-order valence-electron chi connectivity index (χ1n) is 6.56. The number of methoxy groups -OCH3 is 1. The van der Waals surface area contributed by atoms with Crippen molar-refractivity contribution in [1.29, 1.82) is 0 Å². The third-order valence-corrected chi connectivity index (χ3v) is 4.12. The van der Waals surface area contributed by atoms with Crippen LogP contribution in [0.4, 0.5) is 13.2 Å². The SMILES string of the molecule is COc1cc(F)c(C)c([C@@H]2CCC(F)(F)CC2C)c1. The Morgan fingerprint density at radius 2 is 2.00 bits per heavy atom. The van der Waals surface area contributed by atoms with Gasteiger partial charge < -0.3 is 4.74 Å². The Morgan fingerprint density at radius 1 is 1.32 bits per heavy atom. The lowest BCUT2D eigenvalue weighted by Gasteiger charge is -2.35. The molecule has 0 aliphatic heterocycles. The first kappa shape index (κ1) is 14.2. The minimum absolute atomic E-state index is 0.0239. The fourth-order valence-corrected chi connectivity index (χ4v) is 3.01. The average Bonchev–Trinajstić information content (AvgIpc) is 2.32. The van der Waals surface area contributed by atoms with Crippen LogP contribution in [0.3, 0.4) is 0 Å². The number of alkyl halides is 2. The second-order valence-corrected chi connectivity index (χ2v) is 5.51. The van der Waals surface area contributed by atoms with E-state index in [4.69, 9.17) is 4.74 Å². The fraction of sp³-hybridized carbons (Fsp3) is 0.600. The van der Waals surface area contributed by atoms with E-state index in [1.54, 1.807) is 13.0 Å². The monoisotopic (exact) mass is 272 g/mol. The first-order valence-corrected chi connectivity index (χ1v) is 6.56. The Bertz CT molecular complexity index is 471. The van der Waals surface area contributed by atoms with Crippen molar-refractivity contribution >= 4 is 0 Å². The molecule has 0 heterocycles. The second-order valence-electron chi connectivity index (χ2n) is 5.51. The molecule has 1 fully saturated rings. The lowest BCUT2D eigenvalue weighted by atomic mass is 9.74. The van der Waals surface area contributed by atoms with E-state index in [0.717, 1.165) is 5.56 Å². The molecule has 1 aromatic rings. The predicted octanol–water partition coefficient (Wildman–Crippen LogP) is 4.68. The predicted molar refractivity (Wildman–Crippen MR) is 68.4 cm³/mol. The van der Waals surface area contributed by atoms with Crippen LogP contribution in [-0.4, -0.2) is 13.0 Å². The Morgan fingerprint density at radius 3 is 2.58 bits per heavy atom. The van der Waals surface area contributed by atoms with Gasteiger partial charge in [-0.15, -0.1) is 0 Å². The number of ether oxygens (including phenoxy) is 1. The van der Waals surface area contributed by atoms with Crippen LogP contribution in [0.25, 0.3) is 0 Å². The van der Waals surface area contributed by atoms with E-state index >= 15 is 0 Å². The molecule has 4 heteroatoms. The van der Waals surface area contributed by atoms with E-state index < -0.39 is 5.92 Å². The van der Waals surface area contributed by atoms with Crippen LogP contribution in [0.5, 0.6) is 5.75 Å². The van der Waals surface area contributed by atoms with Crippen LogP contribution < -0.4 is 4.74 Å². The molecular formula is C15H19F3O. The van der Waals surface area contributed by atoms with Gasteiger partial charge in [0, 0.05) is 18.9 Å². The van der Waals surface area contributed by atoms with Gasteiger partial charge in [0.05, 0.1) is 7.11 Å². The summed E-state index contributed by atoms with van der Waals surface area (Å²) in [5.41, 5.74) is 1.35. The summed E-state index contributed by atoms with van der Waals surface area (Å²) in [4.78, 5) is 0. The molecule has 0 radical (unpaired) electrons. The van der Waals surface area contributed by atoms with Gasteiger partial charge in [0.2, 0.25) is 5.92 Å². The zero-order valence-corrected chi connectivity index (χ0v) is 11.5. The highest BCUT2D eigenvalue weighted by Crippen LogP contribution is 2.46. The number of rotatable bonds is 2. The maximum atomic E-state index is 13.8. The molecule has 0 bridgehead atoms. The molecule has 1 aliphatic carbocycles. The maximum Gasteiger partial charge on any atom is 0.248 e. The van der Waals surface area contributed by atoms with Gasteiger partial charge >= 0.3 is 0 Å². The largest absolute Gasteiger partial charge is 0.497 e. The third-order valence-electron chi connectivity index (χ3n) is 4.12. The van der Waals surface area contributed by atoms with Crippen LogP contribution in [0.15, 0.2) is 12.1 Å².